The van der Waals surface area contributed by atoms with Gasteiger partial charge in [-0.05, 0) is 19.8 Å². The van der Waals surface area contributed by atoms with Gasteiger partial charge in [0.15, 0.2) is 0 Å². The van der Waals surface area contributed by atoms with Crippen LogP contribution >= 0.6 is 0 Å². The van der Waals surface area contributed by atoms with E-state index in [-0.39, 0.29) is 11.9 Å². The summed E-state index contributed by atoms with van der Waals surface area (Å²) in [5.74, 6) is -0.553. The molecular formula is C11H19N3O3. The molecule has 0 bridgehead atoms. The quantitative estimate of drug-likeness (QED) is 0.650. The van der Waals surface area contributed by atoms with E-state index in [0.29, 0.717) is 26.1 Å². The summed E-state index contributed by atoms with van der Waals surface area (Å²) in [5, 5.41) is 2.77. The minimum atomic E-state index is -0.766. The van der Waals surface area contributed by atoms with Gasteiger partial charge in [0.2, 0.25) is 11.8 Å². The maximum atomic E-state index is 12.0. The van der Waals surface area contributed by atoms with Crippen molar-refractivity contribution in [1.82, 2.24) is 10.2 Å². The molecule has 1 unspecified atom stereocenters. The highest BCUT2D eigenvalue weighted by atomic mass is 16.5. The van der Waals surface area contributed by atoms with Crippen molar-refractivity contribution in [1.29, 1.82) is 0 Å². The molecule has 6 nitrogen and oxygen atoms in total. The first kappa shape index (κ1) is 12.3. The van der Waals surface area contributed by atoms with Crippen molar-refractivity contribution < 1.29 is 14.3 Å². The second kappa shape index (κ2) is 4.62. The van der Waals surface area contributed by atoms with E-state index in [9.17, 15) is 9.59 Å². The third kappa shape index (κ3) is 2.58. The van der Waals surface area contributed by atoms with Gasteiger partial charge < -0.3 is 15.8 Å². The van der Waals surface area contributed by atoms with Gasteiger partial charge in [-0.2, -0.15) is 0 Å². The molecule has 0 aromatic heterocycles. The van der Waals surface area contributed by atoms with E-state index in [1.807, 2.05) is 6.92 Å². The Morgan fingerprint density at radius 2 is 1.94 bits per heavy atom. The SMILES string of the molecule is CC(C(=O)NC1(C(N)=O)CC1)N1CCOCC1. The zero-order valence-electron chi connectivity index (χ0n) is 10.1. The Labute approximate surface area is 100 Å². The average molecular weight is 241 g/mol. The Hall–Kier alpha value is -1.14. The number of carbonyl (C=O) groups is 2. The molecule has 0 aromatic carbocycles. The summed E-state index contributed by atoms with van der Waals surface area (Å²) in [5.41, 5.74) is 4.51. The topological polar surface area (TPSA) is 84.7 Å². The fourth-order valence-corrected chi connectivity index (χ4v) is 2.03. The molecule has 6 heteroatoms. The normalized spacial score (nSPS) is 25.0. The first-order valence-electron chi connectivity index (χ1n) is 5.99. The molecule has 2 aliphatic rings. The first-order chi connectivity index (χ1) is 8.05. The number of primary amides is 1. The van der Waals surface area contributed by atoms with E-state index >= 15 is 0 Å². The lowest BCUT2D eigenvalue weighted by Gasteiger charge is -2.32. The van der Waals surface area contributed by atoms with Crippen LogP contribution in [0.5, 0.6) is 0 Å². The Kier molecular flexibility index (Phi) is 3.35. The molecule has 0 spiro atoms. The molecule has 1 saturated heterocycles. The molecule has 3 N–H and O–H groups in total. The van der Waals surface area contributed by atoms with Crippen LogP contribution < -0.4 is 11.1 Å². The summed E-state index contributed by atoms with van der Waals surface area (Å²) in [6, 6.07) is -0.240. The summed E-state index contributed by atoms with van der Waals surface area (Å²) in [6.07, 6.45) is 1.31. The van der Waals surface area contributed by atoms with Gasteiger partial charge in [-0.3, -0.25) is 14.5 Å². The second-order valence-corrected chi connectivity index (χ2v) is 4.76. The number of hydrogen-bond acceptors (Lipinski definition) is 4. The molecule has 0 radical (unpaired) electrons. The standard InChI is InChI=1S/C11H19N3O3/c1-8(14-4-6-17-7-5-14)9(15)13-11(2-3-11)10(12)16/h8H,2-7H2,1H3,(H2,12,16)(H,13,15). The van der Waals surface area contributed by atoms with Gasteiger partial charge >= 0.3 is 0 Å². The fourth-order valence-electron chi connectivity index (χ4n) is 2.03. The molecule has 1 saturated carbocycles. The zero-order chi connectivity index (χ0) is 12.5. The molecule has 1 atom stereocenters. The highest BCUT2D eigenvalue weighted by molar-refractivity contribution is 5.94. The molecule has 2 rings (SSSR count). The van der Waals surface area contributed by atoms with Crippen molar-refractivity contribution >= 4 is 11.8 Å². The van der Waals surface area contributed by atoms with E-state index < -0.39 is 11.4 Å². The monoisotopic (exact) mass is 241 g/mol. The number of carbonyl (C=O) groups excluding carboxylic acids is 2. The van der Waals surface area contributed by atoms with Gasteiger partial charge in [0.1, 0.15) is 5.54 Å². The summed E-state index contributed by atoms with van der Waals surface area (Å²) < 4.78 is 5.23. The van der Waals surface area contributed by atoms with Gasteiger partial charge in [0.05, 0.1) is 19.3 Å². The van der Waals surface area contributed by atoms with Crippen LogP contribution in [0.15, 0.2) is 0 Å². The van der Waals surface area contributed by atoms with Gasteiger partial charge in [0, 0.05) is 13.1 Å². The van der Waals surface area contributed by atoms with E-state index in [0.717, 1.165) is 13.1 Å². The predicted octanol–water partition coefficient (Wildman–Crippen LogP) is -1.16. The number of morpholine rings is 1. The third-order valence-corrected chi connectivity index (χ3v) is 3.56. The summed E-state index contributed by atoms with van der Waals surface area (Å²) in [6.45, 7) is 4.64. The minimum absolute atomic E-state index is 0.122. The lowest BCUT2D eigenvalue weighted by atomic mass is 10.2. The van der Waals surface area contributed by atoms with Crippen LogP contribution in [0.3, 0.4) is 0 Å². The van der Waals surface area contributed by atoms with E-state index in [1.54, 1.807) is 0 Å². The van der Waals surface area contributed by atoms with Crippen LogP contribution in [0.1, 0.15) is 19.8 Å². The smallest absolute Gasteiger partial charge is 0.243 e. The van der Waals surface area contributed by atoms with Crippen molar-refractivity contribution in [3.8, 4) is 0 Å². The molecule has 2 fully saturated rings. The Balaban J connectivity index is 1.89. The Bertz CT molecular complexity index is 322. The molecule has 1 aliphatic heterocycles. The Morgan fingerprint density at radius 1 is 1.35 bits per heavy atom. The molecule has 1 heterocycles. The van der Waals surface area contributed by atoms with Crippen molar-refractivity contribution in [2.75, 3.05) is 26.3 Å². The summed E-state index contributed by atoms with van der Waals surface area (Å²) >= 11 is 0. The lowest BCUT2D eigenvalue weighted by molar-refractivity contribution is -0.132. The van der Waals surface area contributed by atoms with Crippen molar-refractivity contribution in [2.24, 2.45) is 5.73 Å². The summed E-state index contributed by atoms with van der Waals surface area (Å²) in [4.78, 5) is 25.2. The van der Waals surface area contributed by atoms with Crippen LogP contribution in [0.25, 0.3) is 0 Å². The number of rotatable bonds is 4. The van der Waals surface area contributed by atoms with E-state index in [4.69, 9.17) is 10.5 Å². The number of ether oxygens (including phenoxy) is 1. The maximum Gasteiger partial charge on any atom is 0.243 e. The van der Waals surface area contributed by atoms with E-state index in [2.05, 4.69) is 10.2 Å². The van der Waals surface area contributed by atoms with Crippen LogP contribution in [0.2, 0.25) is 0 Å². The molecule has 2 amide bonds. The highest BCUT2D eigenvalue weighted by Crippen LogP contribution is 2.35. The number of nitrogens with two attached hydrogens (primary N) is 1. The maximum absolute atomic E-state index is 12.0. The molecule has 1 aliphatic carbocycles. The van der Waals surface area contributed by atoms with E-state index in [1.165, 1.54) is 0 Å². The third-order valence-electron chi connectivity index (χ3n) is 3.56. The number of hydrogen-bond donors (Lipinski definition) is 2. The van der Waals surface area contributed by atoms with Gasteiger partial charge in [-0.25, -0.2) is 0 Å². The van der Waals surface area contributed by atoms with Gasteiger partial charge in [-0.15, -0.1) is 0 Å². The van der Waals surface area contributed by atoms with Crippen LogP contribution in [-0.2, 0) is 14.3 Å². The highest BCUT2D eigenvalue weighted by Gasteiger charge is 2.50. The van der Waals surface area contributed by atoms with Crippen LogP contribution in [0.4, 0.5) is 0 Å². The van der Waals surface area contributed by atoms with Gasteiger partial charge in [0.25, 0.3) is 0 Å². The predicted molar refractivity (Wildman–Crippen MR) is 61.2 cm³/mol. The second-order valence-electron chi connectivity index (χ2n) is 4.76. The fraction of sp³-hybridized carbons (Fsp3) is 0.818. The van der Waals surface area contributed by atoms with Gasteiger partial charge in [-0.1, -0.05) is 0 Å². The molecule has 96 valence electrons. The molecular weight excluding hydrogens is 222 g/mol. The number of nitrogens with zero attached hydrogens (tertiary/aromatic N) is 1. The Morgan fingerprint density at radius 3 is 2.41 bits per heavy atom. The number of amides is 2. The molecule has 17 heavy (non-hydrogen) atoms. The largest absolute Gasteiger partial charge is 0.379 e. The lowest BCUT2D eigenvalue weighted by Crippen LogP contribution is -2.55. The minimum Gasteiger partial charge on any atom is -0.379 e. The summed E-state index contributed by atoms with van der Waals surface area (Å²) in [7, 11) is 0. The first-order valence-corrected chi connectivity index (χ1v) is 5.99. The zero-order valence-corrected chi connectivity index (χ0v) is 10.1. The van der Waals surface area contributed by atoms with Crippen molar-refractivity contribution in [3.05, 3.63) is 0 Å². The molecule has 0 aromatic rings. The van der Waals surface area contributed by atoms with Crippen LogP contribution in [0, 0.1) is 0 Å². The average Bonchev–Trinajstić information content (AvgIpc) is 3.10. The van der Waals surface area contributed by atoms with Crippen molar-refractivity contribution in [2.45, 2.75) is 31.3 Å². The van der Waals surface area contributed by atoms with Crippen molar-refractivity contribution in [3.63, 3.8) is 0 Å². The van der Waals surface area contributed by atoms with Crippen LogP contribution in [-0.4, -0.2) is 54.6 Å². The number of nitrogens with one attached hydrogen (secondary N) is 1.